The average Bonchev–Trinajstić information content (AvgIpc) is 1.04. The maximum absolute atomic E-state index is 2.54. The van der Waals surface area contributed by atoms with E-state index in [9.17, 15) is 0 Å². The van der Waals surface area contributed by atoms with Crippen molar-refractivity contribution in [1.82, 2.24) is 0 Å². The molecule has 123 heavy (non-hydrogen) atoms. The van der Waals surface area contributed by atoms with Gasteiger partial charge in [0.2, 0.25) is 0 Å². The van der Waals surface area contributed by atoms with Gasteiger partial charge in [-0.05, 0) is 227 Å². The van der Waals surface area contributed by atoms with E-state index in [-0.39, 0.29) is 0 Å². The van der Waals surface area contributed by atoms with Gasteiger partial charge in [-0.15, -0.1) is 45.3 Å². The summed E-state index contributed by atoms with van der Waals surface area (Å²) in [5.41, 5.74) is 30.4. The van der Waals surface area contributed by atoms with Crippen LogP contribution in [0.3, 0.4) is 0 Å². The van der Waals surface area contributed by atoms with Crippen LogP contribution < -0.4 is 9.80 Å². The minimum absolute atomic E-state index is 0.385. The fraction of sp³-hybridized carbons (Fsp3) is 0.0256. The molecule has 0 fully saturated rings. The summed E-state index contributed by atoms with van der Waals surface area (Å²) in [6.45, 7) is 2.36. The van der Waals surface area contributed by atoms with E-state index < -0.39 is 0 Å². The van der Waals surface area contributed by atoms with Crippen molar-refractivity contribution in [3.63, 3.8) is 0 Å². The van der Waals surface area contributed by atoms with Crippen molar-refractivity contribution in [1.29, 1.82) is 0 Å². The molecule has 1 unspecified atom stereocenters. The number of rotatable bonds is 15. The molecule has 24 rings (SSSR count). The van der Waals surface area contributed by atoms with Crippen molar-refractivity contribution in [2.24, 2.45) is 5.92 Å². The smallest absolute Gasteiger partial charge is 0.0540 e. The Kier molecular flexibility index (Phi) is 17.8. The summed E-state index contributed by atoms with van der Waals surface area (Å²) in [4.78, 5) is 5.00. The first-order chi connectivity index (χ1) is 60.8. The highest BCUT2D eigenvalue weighted by molar-refractivity contribution is 7.27. The zero-order chi connectivity index (χ0) is 81.2. The second-order valence-corrected chi connectivity index (χ2v) is 36.9. The molecule has 1 atom stereocenters. The molecule has 0 N–H and O–H groups in total. The Morgan fingerprint density at radius 3 is 1.08 bits per heavy atom. The number of hydrogen-bond donors (Lipinski definition) is 0. The molecule has 1 aliphatic rings. The highest BCUT2D eigenvalue weighted by Crippen LogP contribution is 2.53. The van der Waals surface area contributed by atoms with E-state index >= 15 is 0 Å². The van der Waals surface area contributed by atoms with Gasteiger partial charge in [0.05, 0.1) is 17.1 Å². The summed E-state index contributed by atoms with van der Waals surface area (Å²) in [6, 6.07) is 157. The maximum Gasteiger partial charge on any atom is 0.0540 e. The normalized spacial score (nSPS) is 12.9. The van der Waals surface area contributed by atoms with E-state index in [2.05, 4.69) is 441 Å². The summed E-state index contributed by atoms with van der Waals surface area (Å²) in [6.07, 6.45) is 3.52. The summed E-state index contributed by atoms with van der Waals surface area (Å²) < 4.78 is 10.4. The number of fused-ring (bicyclic) bond motifs is 14. The Morgan fingerprint density at radius 1 is 0.195 bits per heavy atom. The van der Waals surface area contributed by atoms with Gasteiger partial charge in [0.15, 0.2) is 0 Å². The minimum atomic E-state index is 0.385. The lowest BCUT2D eigenvalue weighted by Gasteiger charge is -2.31. The van der Waals surface area contributed by atoms with Crippen LogP contribution in [-0.4, -0.2) is 0 Å². The van der Waals surface area contributed by atoms with Crippen LogP contribution in [0.25, 0.3) is 186 Å². The molecule has 4 heterocycles. The summed E-state index contributed by atoms with van der Waals surface area (Å²) in [5, 5.41) is 12.8. The largest absolute Gasteiger partial charge is 0.310 e. The lowest BCUT2D eigenvalue weighted by molar-refractivity contribution is 0.714. The lowest BCUT2D eigenvalue weighted by Crippen LogP contribution is -2.13. The lowest BCUT2D eigenvalue weighted by atomic mass is 9.80. The molecule has 6 heteroatoms. The molecule has 1 aliphatic carbocycles. The van der Waals surface area contributed by atoms with Crippen LogP contribution in [-0.2, 0) is 6.42 Å². The number of thiophene rings is 4. The zero-order valence-electron chi connectivity index (χ0n) is 67.2. The van der Waals surface area contributed by atoms with E-state index in [1.807, 2.05) is 45.3 Å². The summed E-state index contributed by atoms with van der Waals surface area (Å²) >= 11 is 7.47. The molecule has 4 aromatic heterocycles. The SMILES string of the molecule is CC1C=C(c2ccccc2-c2ccccc2N(c2ccc(-c3ccc4c(c3)sc3ccccc34)cc2)c2ccc(-c3cccc4c(-c5ccc(-c6cccc(N(c7ccc(-c8ccc9c(c8)sc8ccccc89)cc7)c7ccccc7-c7ccc8c(c7)sc7ccccc78)c6)cc5)cccc34)cc2-c2ccc3c(c2)sc2ccccc23)c2ccccc2C1. The molecule has 0 bridgehead atoms. The molecule has 0 spiro atoms. The van der Waals surface area contributed by atoms with Gasteiger partial charge in [-0.3, -0.25) is 0 Å². The second kappa shape index (κ2) is 30.1. The zero-order valence-corrected chi connectivity index (χ0v) is 70.5. The van der Waals surface area contributed by atoms with Gasteiger partial charge in [-0.1, -0.05) is 322 Å². The number of hydrogen-bond acceptors (Lipinski definition) is 6. The number of anilines is 6. The van der Waals surface area contributed by atoms with Crippen LogP contribution in [0.5, 0.6) is 0 Å². The number of benzene rings is 19. The van der Waals surface area contributed by atoms with Crippen LogP contribution in [0.2, 0.25) is 0 Å². The highest BCUT2D eigenvalue weighted by atomic mass is 32.1. The van der Waals surface area contributed by atoms with E-state index in [1.54, 1.807) is 0 Å². The Morgan fingerprint density at radius 2 is 0.537 bits per heavy atom. The first-order valence-corrected chi connectivity index (χ1v) is 45.5. The Labute approximate surface area is 730 Å². The molecule has 19 aromatic carbocycles. The van der Waals surface area contributed by atoms with Gasteiger partial charge < -0.3 is 9.80 Å². The molecule has 0 saturated heterocycles. The molecule has 0 radical (unpaired) electrons. The predicted octanol–water partition coefficient (Wildman–Crippen LogP) is 35.2. The van der Waals surface area contributed by atoms with Crippen LogP contribution in [0.15, 0.2) is 425 Å². The van der Waals surface area contributed by atoms with Crippen LogP contribution in [0.4, 0.5) is 34.1 Å². The quantitative estimate of drug-likeness (QED) is 0.101. The standard InChI is InChI=1S/C117H76N2S4/c1-73-65-81-21-2-3-24-90(81)106(66-73)95-27-5-4-26-94(95)96-28-7-13-38-108(96)119(86-58-49-76(50-59-86)80-52-61-102-98-30-9-15-40-111(98)121-115(102)70-80)109-64-55-82(68-105(109)84-54-63-104-100-32-11-17-42-113(100)123-117(104)72-84)89-34-20-35-92-88(33-19-36-93(89)92)77-45-43-74(44-46-77)78-22-18-23-87(67-78)118(85-56-47-75(48-57-85)79-51-60-101-97-29-8-14-39-110(97)120-114(101)69-79)107-37-12-6-25-91(107)83-53-62-103-99-31-10-16-41-112(99)122-116(103)71-83/h2-64,66-73H,65H2,1H3. The van der Waals surface area contributed by atoms with Gasteiger partial charge in [-0.25, -0.2) is 0 Å². The van der Waals surface area contributed by atoms with Gasteiger partial charge >= 0.3 is 0 Å². The van der Waals surface area contributed by atoms with E-state index in [0.717, 1.165) is 85.1 Å². The second-order valence-electron chi connectivity index (χ2n) is 32.6. The number of nitrogens with zero attached hydrogens (tertiary/aromatic N) is 2. The summed E-state index contributed by atoms with van der Waals surface area (Å²) in [7, 11) is 0. The Balaban J connectivity index is 0.616. The van der Waals surface area contributed by atoms with E-state index in [0.29, 0.717) is 5.92 Å². The molecule has 23 aromatic rings. The molecule has 0 saturated carbocycles. The fourth-order valence-corrected chi connectivity index (χ4v) is 24.0. The van der Waals surface area contributed by atoms with Crippen molar-refractivity contribution in [2.75, 3.05) is 9.80 Å². The van der Waals surface area contributed by atoms with Crippen molar-refractivity contribution in [3.05, 3.63) is 441 Å². The first-order valence-electron chi connectivity index (χ1n) is 42.3. The Hall–Kier alpha value is -14.3. The first kappa shape index (κ1) is 72.7. The third kappa shape index (κ3) is 12.8. The minimum Gasteiger partial charge on any atom is -0.310 e. The fourth-order valence-electron chi connectivity index (χ4n) is 19.4. The van der Waals surface area contributed by atoms with Gasteiger partial charge in [0, 0.05) is 114 Å². The van der Waals surface area contributed by atoms with E-state index in [4.69, 9.17) is 0 Å². The van der Waals surface area contributed by atoms with Gasteiger partial charge in [0.25, 0.3) is 0 Å². The molecular formula is C117H76N2S4. The molecule has 0 amide bonds. The topological polar surface area (TPSA) is 6.48 Å². The van der Waals surface area contributed by atoms with Crippen LogP contribution >= 0.6 is 45.3 Å². The third-order valence-electron chi connectivity index (χ3n) is 25.3. The van der Waals surface area contributed by atoms with Gasteiger partial charge in [-0.2, -0.15) is 0 Å². The van der Waals surface area contributed by atoms with Crippen LogP contribution in [0, 0.1) is 5.92 Å². The van der Waals surface area contributed by atoms with Gasteiger partial charge in [0.1, 0.15) is 0 Å². The van der Waals surface area contributed by atoms with E-state index in [1.165, 1.54) is 158 Å². The summed E-state index contributed by atoms with van der Waals surface area (Å²) in [5.74, 6) is 0.385. The van der Waals surface area contributed by atoms with Crippen molar-refractivity contribution >= 4 is 177 Å². The monoisotopic (exact) mass is 1640 g/mol. The maximum atomic E-state index is 2.54. The Bertz CT molecular complexity index is 8190. The van der Waals surface area contributed by atoms with Crippen molar-refractivity contribution in [3.8, 4) is 89.0 Å². The average molecular weight is 1640 g/mol. The molecule has 578 valence electrons. The van der Waals surface area contributed by atoms with Crippen LogP contribution in [0.1, 0.15) is 23.6 Å². The third-order valence-corrected chi connectivity index (χ3v) is 29.8. The molecule has 0 aliphatic heterocycles. The number of allylic oxidation sites excluding steroid dienone is 1. The highest BCUT2D eigenvalue weighted by Gasteiger charge is 2.28. The molecule has 2 nitrogen and oxygen atoms in total. The van der Waals surface area contributed by atoms with Crippen molar-refractivity contribution in [2.45, 2.75) is 13.3 Å². The predicted molar refractivity (Wildman–Crippen MR) is 535 cm³/mol. The number of para-hydroxylation sites is 2. The molecular weight excluding hydrogens is 1560 g/mol. The van der Waals surface area contributed by atoms with Crippen molar-refractivity contribution < 1.29 is 0 Å².